The number of aromatic nitrogens is 1. The normalized spacial score (nSPS) is 17.1. The van der Waals surface area contributed by atoms with Crippen molar-refractivity contribution in [2.24, 2.45) is 0 Å². The monoisotopic (exact) mass is 494 g/mol. The molecule has 1 N–H and O–H groups in total. The predicted molar refractivity (Wildman–Crippen MR) is 132 cm³/mol. The molecule has 6 nitrogen and oxygen atoms in total. The van der Waals surface area contributed by atoms with Crippen LogP contribution in [0.1, 0.15) is 43.4 Å². The van der Waals surface area contributed by atoms with Crippen molar-refractivity contribution in [3.63, 3.8) is 0 Å². The second-order valence-corrected chi connectivity index (χ2v) is 8.54. The molecular formula is C27H24ClFN2O4. The van der Waals surface area contributed by atoms with Crippen molar-refractivity contribution in [3.05, 3.63) is 94.5 Å². The number of aliphatic hydroxyl groups is 1. The number of rotatable bonds is 8. The Balaban J connectivity index is 1.75. The Bertz CT molecular complexity index is 1260. The van der Waals surface area contributed by atoms with Crippen molar-refractivity contribution in [1.82, 2.24) is 4.98 Å². The largest absolute Gasteiger partial charge is 0.507 e. The third-order valence-corrected chi connectivity index (χ3v) is 6.06. The number of benzene rings is 2. The number of nitrogens with zero attached hydrogens (tertiary/aromatic N) is 2. The van der Waals surface area contributed by atoms with Crippen LogP contribution in [-0.2, 0) is 9.59 Å². The molecule has 4 rings (SSSR count). The van der Waals surface area contributed by atoms with Crippen LogP contribution < -0.4 is 9.64 Å². The summed E-state index contributed by atoms with van der Waals surface area (Å²) in [6.07, 6.45) is 6.18. The molecule has 1 aromatic heterocycles. The first-order chi connectivity index (χ1) is 16.9. The number of hydrogen-bond donors (Lipinski definition) is 1. The van der Waals surface area contributed by atoms with Gasteiger partial charge in [-0.3, -0.25) is 19.5 Å². The van der Waals surface area contributed by atoms with E-state index in [-0.39, 0.29) is 22.0 Å². The van der Waals surface area contributed by atoms with E-state index in [2.05, 4.69) is 11.9 Å². The van der Waals surface area contributed by atoms with Crippen LogP contribution in [-0.4, -0.2) is 28.4 Å². The lowest BCUT2D eigenvalue weighted by atomic mass is 9.96. The lowest BCUT2D eigenvalue weighted by Gasteiger charge is -2.25. The van der Waals surface area contributed by atoms with Gasteiger partial charge in [0.1, 0.15) is 17.3 Å². The average Bonchev–Trinajstić information content (AvgIpc) is 3.14. The van der Waals surface area contributed by atoms with Gasteiger partial charge in [-0.15, -0.1) is 0 Å². The highest BCUT2D eigenvalue weighted by Gasteiger charge is 2.47. The molecule has 8 heteroatoms. The fraction of sp³-hybridized carbons (Fsp3) is 0.222. The van der Waals surface area contributed by atoms with Crippen LogP contribution in [0.25, 0.3) is 5.76 Å². The second kappa shape index (κ2) is 10.7. The first-order valence-electron chi connectivity index (χ1n) is 11.3. The maximum atomic E-state index is 13.8. The second-order valence-electron chi connectivity index (χ2n) is 8.13. The van der Waals surface area contributed by atoms with Gasteiger partial charge in [0.2, 0.25) is 0 Å². The molecule has 1 atom stereocenters. The van der Waals surface area contributed by atoms with E-state index in [1.165, 1.54) is 23.2 Å². The lowest BCUT2D eigenvalue weighted by Crippen LogP contribution is -2.29. The highest BCUT2D eigenvalue weighted by atomic mass is 35.5. The van der Waals surface area contributed by atoms with Crippen molar-refractivity contribution in [3.8, 4) is 5.75 Å². The fourth-order valence-electron chi connectivity index (χ4n) is 3.99. The molecule has 1 fully saturated rings. The van der Waals surface area contributed by atoms with E-state index in [1.807, 2.05) is 0 Å². The molecule has 0 bridgehead atoms. The van der Waals surface area contributed by atoms with E-state index >= 15 is 0 Å². The van der Waals surface area contributed by atoms with Crippen molar-refractivity contribution in [1.29, 1.82) is 0 Å². The Morgan fingerprint density at radius 3 is 2.57 bits per heavy atom. The summed E-state index contributed by atoms with van der Waals surface area (Å²) >= 11 is 5.95. The van der Waals surface area contributed by atoms with E-state index in [0.29, 0.717) is 23.5 Å². The first kappa shape index (κ1) is 24.4. The number of halogens is 2. The van der Waals surface area contributed by atoms with E-state index < -0.39 is 23.5 Å². The minimum absolute atomic E-state index is 0.0972. The lowest BCUT2D eigenvalue weighted by molar-refractivity contribution is -0.132. The molecule has 1 aliphatic heterocycles. The van der Waals surface area contributed by atoms with Crippen molar-refractivity contribution < 1.29 is 23.8 Å². The number of anilines is 1. The molecule has 1 aliphatic rings. The predicted octanol–water partition coefficient (Wildman–Crippen LogP) is 6.07. The van der Waals surface area contributed by atoms with Crippen LogP contribution in [0.5, 0.6) is 5.75 Å². The van der Waals surface area contributed by atoms with Crippen LogP contribution in [0.4, 0.5) is 10.1 Å². The zero-order valence-corrected chi connectivity index (χ0v) is 19.8. The van der Waals surface area contributed by atoms with Gasteiger partial charge in [0.25, 0.3) is 11.7 Å². The summed E-state index contributed by atoms with van der Waals surface area (Å²) in [4.78, 5) is 31.6. The van der Waals surface area contributed by atoms with Gasteiger partial charge in [0.05, 0.1) is 23.2 Å². The molecule has 0 saturated carbocycles. The van der Waals surface area contributed by atoms with Crippen LogP contribution >= 0.6 is 11.6 Å². The number of carbonyl (C=O) groups excluding carboxylic acids is 2. The van der Waals surface area contributed by atoms with E-state index in [0.717, 1.165) is 25.3 Å². The molecule has 1 saturated heterocycles. The number of unbranched alkanes of at least 4 members (excludes halogenated alkanes) is 2. The van der Waals surface area contributed by atoms with Gasteiger partial charge in [-0.1, -0.05) is 37.4 Å². The van der Waals surface area contributed by atoms with Crippen LogP contribution in [0.2, 0.25) is 5.02 Å². The van der Waals surface area contributed by atoms with Gasteiger partial charge in [0, 0.05) is 23.6 Å². The number of ketones is 1. The third kappa shape index (κ3) is 5.05. The van der Waals surface area contributed by atoms with Crippen LogP contribution in [0.3, 0.4) is 0 Å². The number of ether oxygens (including phenoxy) is 1. The summed E-state index contributed by atoms with van der Waals surface area (Å²) in [5.41, 5.74) is 0.988. The molecule has 0 spiro atoms. The van der Waals surface area contributed by atoms with Crippen LogP contribution in [0, 0.1) is 5.82 Å². The molecule has 1 unspecified atom stereocenters. The van der Waals surface area contributed by atoms with Gasteiger partial charge < -0.3 is 9.84 Å². The van der Waals surface area contributed by atoms with Gasteiger partial charge >= 0.3 is 0 Å². The number of Topliss-reactive ketones (excluding diaryl/α,β-unsaturated/α-hetero) is 1. The maximum Gasteiger partial charge on any atom is 0.300 e. The summed E-state index contributed by atoms with van der Waals surface area (Å²) < 4.78 is 19.5. The Hall–Kier alpha value is -3.71. The first-order valence-corrected chi connectivity index (χ1v) is 11.7. The van der Waals surface area contributed by atoms with E-state index in [4.69, 9.17) is 16.3 Å². The smallest absolute Gasteiger partial charge is 0.300 e. The van der Waals surface area contributed by atoms with Crippen molar-refractivity contribution in [2.45, 2.75) is 32.2 Å². The molecule has 35 heavy (non-hydrogen) atoms. The summed E-state index contributed by atoms with van der Waals surface area (Å²) in [6.45, 7) is 2.70. The number of pyridine rings is 1. The molecule has 3 aromatic rings. The quantitative estimate of drug-likeness (QED) is 0.178. The molecular weight excluding hydrogens is 471 g/mol. The standard InChI is InChI=1S/C27H24ClFN2O4/c1-2-3-4-14-35-20-10-7-17(8-11-20)25(32)23-24(18-6-5-13-30-16-18)31(27(34)26(23)33)19-9-12-22(29)21(28)15-19/h5-13,15-16,24,32H,2-4,14H2,1H3/b25-23+. The number of aliphatic hydroxyl groups excluding tert-OH is 1. The number of amides is 1. The Morgan fingerprint density at radius 2 is 1.91 bits per heavy atom. The summed E-state index contributed by atoms with van der Waals surface area (Å²) in [5.74, 6) is -2.06. The summed E-state index contributed by atoms with van der Waals surface area (Å²) in [7, 11) is 0. The Morgan fingerprint density at radius 1 is 1.14 bits per heavy atom. The highest BCUT2D eigenvalue weighted by Crippen LogP contribution is 2.42. The minimum atomic E-state index is -0.977. The summed E-state index contributed by atoms with van der Waals surface area (Å²) in [5, 5.41) is 11.0. The molecule has 0 aliphatic carbocycles. The van der Waals surface area contributed by atoms with Gasteiger partial charge in [-0.05, 0) is 60.5 Å². The Labute approximate surface area is 207 Å². The van der Waals surface area contributed by atoms with Crippen molar-refractivity contribution in [2.75, 3.05) is 11.5 Å². The Kier molecular flexibility index (Phi) is 7.46. The molecule has 180 valence electrons. The zero-order valence-electron chi connectivity index (χ0n) is 19.1. The molecule has 0 radical (unpaired) electrons. The SMILES string of the molecule is CCCCCOc1ccc(/C(O)=C2\C(=O)C(=O)N(c3ccc(F)c(Cl)c3)C2c2cccnc2)cc1. The van der Waals surface area contributed by atoms with E-state index in [9.17, 15) is 19.1 Å². The minimum Gasteiger partial charge on any atom is -0.507 e. The average molecular weight is 495 g/mol. The van der Waals surface area contributed by atoms with Crippen molar-refractivity contribution >= 4 is 34.7 Å². The van der Waals surface area contributed by atoms with E-state index in [1.54, 1.807) is 42.6 Å². The zero-order chi connectivity index (χ0) is 24.9. The third-order valence-electron chi connectivity index (χ3n) is 5.77. The summed E-state index contributed by atoms with van der Waals surface area (Å²) in [6, 6.07) is 12.8. The van der Waals surface area contributed by atoms with Gasteiger partial charge in [-0.25, -0.2) is 4.39 Å². The van der Waals surface area contributed by atoms with Gasteiger partial charge in [-0.2, -0.15) is 0 Å². The molecule has 1 amide bonds. The molecule has 2 heterocycles. The number of carbonyl (C=O) groups is 2. The van der Waals surface area contributed by atoms with Crippen LogP contribution in [0.15, 0.2) is 72.6 Å². The van der Waals surface area contributed by atoms with Gasteiger partial charge in [0.15, 0.2) is 0 Å². The molecule has 2 aromatic carbocycles. The highest BCUT2D eigenvalue weighted by molar-refractivity contribution is 6.51. The topological polar surface area (TPSA) is 79.7 Å². The fourth-order valence-corrected chi connectivity index (χ4v) is 4.17. The number of hydrogen-bond acceptors (Lipinski definition) is 5. The maximum absolute atomic E-state index is 13.8.